The first-order chi connectivity index (χ1) is 18.8. The summed E-state index contributed by atoms with van der Waals surface area (Å²) in [6.07, 6.45) is -3.66. The van der Waals surface area contributed by atoms with E-state index in [2.05, 4.69) is 15.0 Å². The molecule has 1 aromatic heterocycles. The maximum atomic E-state index is 13.0. The van der Waals surface area contributed by atoms with E-state index in [1.54, 1.807) is 25.1 Å². The van der Waals surface area contributed by atoms with Gasteiger partial charge in [0, 0.05) is 38.3 Å². The minimum Gasteiger partial charge on any atom is -0.378 e. The van der Waals surface area contributed by atoms with Crippen molar-refractivity contribution in [3.63, 3.8) is 0 Å². The molecule has 5 rings (SSSR count). The molecule has 40 heavy (non-hydrogen) atoms. The molecule has 13 heteroatoms. The Balaban J connectivity index is 1.40. The van der Waals surface area contributed by atoms with Crippen molar-refractivity contribution < 1.29 is 31.1 Å². The van der Waals surface area contributed by atoms with Crippen molar-refractivity contribution in [3.05, 3.63) is 35.9 Å². The summed E-state index contributed by atoms with van der Waals surface area (Å²) in [4.78, 5) is 20.9. The van der Waals surface area contributed by atoms with Crippen LogP contribution in [0.5, 0.6) is 0 Å². The summed E-state index contributed by atoms with van der Waals surface area (Å²) in [5, 5.41) is 2.82. The van der Waals surface area contributed by atoms with Gasteiger partial charge in [0.25, 0.3) is 0 Å². The van der Waals surface area contributed by atoms with E-state index in [0.717, 1.165) is 16.7 Å². The Hall–Kier alpha value is -3.06. The highest BCUT2D eigenvalue weighted by molar-refractivity contribution is 7.94. The molecule has 2 aromatic rings. The number of carbonyl (C=O) groups is 1. The van der Waals surface area contributed by atoms with E-state index in [9.17, 15) is 26.4 Å². The van der Waals surface area contributed by atoms with Crippen LogP contribution in [0.3, 0.4) is 0 Å². The standard InChI is InChI=1S/C27H34F3N5O4S/c1-18-3-4-21(31-25(36)35-8-5-19(17-35)16-27(28,29)30)15-22(18)20-13-23(33-40(37,38)26(2)6-7-26)32-24(14-20)34-9-11-39-12-10-34/h3-4,13-15,19H,5-12,16-17H2,1-2H3,(H,31,36)(H,32,33). The number of nitrogens with one attached hydrogen (secondary N) is 2. The van der Waals surface area contributed by atoms with Gasteiger partial charge in [-0.25, -0.2) is 18.2 Å². The lowest BCUT2D eigenvalue weighted by molar-refractivity contribution is -0.143. The zero-order valence-electron chi connectivity index (χ0n) is 22.6. The topological polar surface area (TPSA) is 104 Å². The number of aryl methyl sites for hydroxylation is 1. The van der Waals surface area contributed by atoms with Gasteiger partial charge < -0.3 is 19.9 Å². The second-order valence-corrected chi connectivity index (χ2v) is 13.3. The van der Waals surface area contributed by atoms with Crippen molar-refractivity contribution in [2.75, 3.05) is 54.3 Å². The number of sulfonamides is 1. The molecule has 1 aromatic carbocycles. The van der Waals surface area contributed by atoms with Crippen LogP contribution in [0.4, 0.5) is 35.3 Å². The normalized spacial score (nSPS) is 20.9. The van der Waals surface area contributed by atoms with E-state index in [4.69, 9.17) is 4.74 Å². The highest BCUT2D eigenvalue weighted by atomic mass is 32.2. The molecule has 1 atom stereocenters. The Labute approximate surface area is 232 Å². The van der Waals surface area contributed by atoms with Crippen LogP contribution in [0, 0.1) is 12.8 Å². The highest BCUT2D eigenvalue weighted by Gasteiger charge is 2.50. The van der Waals surface area contributed by atoms with Gasteiger partial charge in [-0.05, 0) is 80.0 Å². The van der Waals surface area contributed by atoms with E-state index in [1.165, 1.54) is 4.90 Å². The average molecular weight is 582 g/mol. The molecule has 0 spiro atoms. The molecule has 1 unspecified atom stereocenters. The number of aromatic nitrogens is 1. The number of likely N-dealkylation sites (tertiary alicyclic amines) is 1. The van der Waals surface area contributed by atoms with Gasteiger partial charge in [0.2, 0.25) is 10.0 Å². The summed E-state index contributed by atoms with van der Waals surface area (Å²) in [5.74, 6) is 0.227. The Morgan fingerprint density at radius 1 is 1.15 bits per heavy atom. The molecule has 0 radical (unpaired) electrons. The Morgan fingerprint density at radius 3 is 2.55 bits per heavy atom. The van der Waals surface area contributed by atoms with E-state index < -0.39 is 39.3 Å². The summed E-state index contributed by atoms with van der Waals surface area (Å²) >= 11 is 0. The SMILES string of the molecule is Cc1ccc(NC(=O)N2CCC(CC(F)(F)F)C2)cc1-c1cc(NS(=O)(=O)C2(C)CC2)nc(N2CCOCC2)c1. The second-order valence-electron chi connectivity index (χ2n) is 11.1. The van der Waals surface area contributed by atoms with Gasteiger partial charge in [0.05, 0.1) is 18.0 Å². The molecule has 2 amide bonds. The lowest BCUT2D eigenvalue weighted by Crippen LogP contribution is -2.37. The van der Waals surface area contributed by atoms with Crippen LogP contribution < -0.4 is 14.9 Å². The summed E-state index contributed by atoms with van der Waals surface area (Å²) in [5.41, 5.74) is 2.87. The van der Waals surface area contributed by atoms with Crippen molar-refractivity contribution in [1.82, 2.24) is 9.88 Å². The van der Waals surface area contributed by atoms with Gasteiger partial charge in [0.15, 0.2) is 0 Å². The number of urea groups is 1. The van der Waals surface area contributed by atoms with Crippen LogP contribution in [-0.2, 0) is 14.8 Å². The van der Waals surface area contributed by atoms with Crippen molar-refractivity contribution >= 4 is 33.4 Å². The van der Waals surface area contributed by atoms with E-state index >= 15 is 0 Å². The number of nitrogens with zero attached hydrogens (tertiary/aromatic N) is 3. The minimum absolute atomic E-state index is 0.0553. The first kappa shape index (κ1) is 28.5. The molecule has 2 saturated heterocycles. The highest BCUT2D eigenvalue weighted by Crippen LogP contribution is 2.43. The number of benzene rings is 1. The molecule has 0 bridgehead atoms. The number of hydrogen-bond acceptors (Lipinski definition) is 6. The van der Waals surface area contributed by atoms with Gasteiger partial charge in [-0.2, -0.15) is 13.2 Å². The monoisotopic (exact) mass is 581 g/mol. The van der Waals surface area contributed by atoms with E-state index in [-0.39, 0.29) is 18.9 Å². The number of rotatable bonds is 7. The third kappa shape index (κ3) is 6.46. The summed E-state index contributed by atoms with van der Waals surface area (Å²) in [7, 11) is -3.63. The average Bonchev–Trinajstić information content (AvgIpc) is 3.50. The first-order valence-corrected chi connectivity index (χ1v) is 14.9. The Morgan fingerprint density at radius 2 is 1.88 bits per heavy atom. The summed E-state index contributed by atoms with van der Waals surface area (Å²) in [6, 6.07) is 8.48. The van der Waals surface area contributed by atoms with E-state index in [0.29, 0.717) is 57.1 Å². The molecule has 3 fully saturated rings. The number of amides is 2. The van der Waals surface area contributed by atoms with Crippen LogP contribution in [0.1, 0.15) is 38.2 Å². The number of carbonyl (C=O) groups excluding carboxylic acids is 1. The maximum absolute atomic E-state index is 13.0. The van der Waals surface area contributed by atoms with Crippen LogP contribution >= 0.6 is 0 Å². The van der Waals surface area contributed by atoms with Gasteiger partial charge in [0.1, 0.15) is 11.6 Å². The van der Waals surface area contributed by atoms with Crippen molar-refractivity contribution in [2.45, 2.75) is 50.5 Å². The maximum Gasteiger partial charge on any atom is 0.389 e. The second kappa shape index (κ2) is 10.7. The largest absolute Gasteiger partial charge is 0.389 e. The number of ether oxygens (including phenoxy) is 1. The molecule has 1 saturated carbocycles. The third-order valence-corrected chi connectivity index (χ3v) is 10.1. The fourth-order valence-electron chi connectivity index (χ4n) is 5.11. The molecule has 3 heterocycles. The first-order valence-electron chi connectivity index (χ1n) is 13.4. The number of alkyl halides is 3. The molecule has 3 aliphatic rings. The molecule has 9 nitrogen and oxygen atoms in total. The smallest absolute Gasteiger partial charge is 0.378 e. The van der Waals surface area contributed by atoms with Crippen LogP contribution in [0.2, 0.25) is 0 Å². The molecule has 2 N–H and O–H groups in total. The molecule has 218 valence electrons. The van der Waals surface area contributed by atoms with Gasteiger partial charge >= 0.3 is 12.2 Å². The van der Waals surface area contributed by atoms with Crippen LogP contribution in [-0.4, -0.2) is 74.6 Å². The summed E-state index contributed by atoms with van der Waals surface area (Å²) in [6.45, 7) is 6.23. The molecule has 2 aliphatic heterocycles. The van der Waals surface area contributed by atoms with Gasteiger partial charge in [-0.15, -0.1) is 0 Å². The van der Waals surface area contributed by atoms with Gasteiger partial charge in [-0.1, -0.05) is 6.07 Å². The fourth-order valence-corrected chi connectivity index (χ4v) is 6.37. The van der Waals surface area contributed by atoms with Crippen molar-refractivity contribution in [2.24, 2.45) is 5.92 Å². The Kier molecular flexibility index (Phi) is 7.64. The number of halogens is 3. The number of pyridine rings is 1. The van der Waals surface area contributed by atoms with E-state index in [1.807, 2.05) is 24.0 Å². The van der Waals surface area contributed by atoms with Crippen molar-refractivity contribution in [1.29, 1.82) is 0 Å². The molecule has 1 aliphatic carbocycles. The Bertz CT molecular complexity index is 1370. The summed E-state index contributed by atoms with van der Waals surface area (Å²) < 4.78 is 71.7. The predicted octanol–water partition coefficient (Wildman–Crippen LogP) is 4.99. The lowest BCUT2D eigenvalue weighted by Gasteiger charge is -2.29. The zero-order valence-corrected chi connectivity index (χ0v) is 23.4. The van der Waals surface area contributed by atoms with Crippen LogP contribution in [0.15, 0.2) is 30.3 Å². The number of morpholine rings is 1. The quantitative estimate of drug-likeness (QED) is 0.478. The lowest BCUT2D eigenvalue weighted by atomic mass is 10.00. The number of anilines is 3. The minimum atomic E-state index is -4.25. The van der Waals surface area contributed by atoms with Crippen LogP contribution in [0.25, 0.3) is 11.1 Å². The fraction of sp³-hybridized carbons (Fsp3) is 0.556. The molecular formula is C27H34F3N5O4S. The zero-order chi connectivity index (χ0) is 28.7. The third-order valence-electron chi connectivity index (χ3n) is 7.88. The van der Waals surface area contributed by atoms with Gasteiger partial charge in [-0.3, -0.25) is 4.72 Å². The molecular weight excluding hydrogens is 547 g/mol. The predicted molar refractivity (Wildman–Crippen MR) is 147 cm³/mol. The number of hydrogen-bond donors (Lipinski definition) is 2. The van der Waals surface area contributed by atoms with Crippen molar-refractivity contribution in [3.8, 4) is 11.1 Å².